The van der Waals surface area contributed by atoms with E-state index in [2.05, 4.69) is 10.1 Å². The van der Waals surface area contributed by atoms with Crippen molar-refractivity contribution in [3.8, 4) is 5.88 Å². The van der Waals surface area contributed by atoms with Crippen LogP contribution in [-0.4, -0.2) is 52.3 Å². The molecule has 1 amide bonds. The zero-order valence-corrected chi connectivity index (χ0v) is 13.4. The van der Waals surface area contributed by atoms with E-state index in [1.807, 2.05) is 23.1 Å². The smallest absolute Gasteiger partial charge is 0.259 e. The minimum Gasteiger partial charge on any atom is -0.470 e. The molecule has 24 heavy (non-hydrogen) atoms. The van der Waals surface area contributed by atoms with E-state index >= 15 is 0 Å². The molecule has 2 aromatic heterocycles. The van der Waals surface area contributed by atoms with Gasteiger partial charge in [-0.15, -0.1) is 0 Å². The summed E-state index contributed by atoms with van der Waals surface area (Å²) in [5, 5.41) is 3.71. The summed E-state index contributed by atoms with van der Waals surface area (Å²) < 4.78 is 17.0. The van der Waals surface area contributed by atoms with E-state index < -0.39 is 0 Å². The number of ether oxygens (including phenoxy) is 2. The lowest BCUT2D eigenvalue weighted by Gasteiger charge is -2.31. The van der Waals surface area contributed by atoms with Gasteiger partial charge in [0.1, 0.15) is 23.5 Å². The number of hydrogen-bond acceptors (Lipinski definition) is 6. The average Bonchev–Trinajstić information content (AvgIpc) is 3.20. The maximum Gasteiger partial charge on any atom is 0.259 e. The van der Waals surface area contributed by atoms with Gasteiger partial charge >= 0.3 is 0 Å². The first kappa shape index (κ1) is 15.1. The fourth-order valence-electron chi connectivity index (χ4n) is 3.48. The van der Waals surface area contributed by atoms with Crippen molar-refractivity contribution in [1.82, 2.24) is 15.0 Å². The minimum atomic E-state index is -0.227. The number of hydrogen-bond donors (Lipinski definition) is 0. The van der Waals surface area contributed by atoms with Crippen LogP contribution in [0.3, 0.4) is 0 Å². The molecule has 0 N–H and O–H groups in total. The Morgan fingerprint density at radius 3 is 3.08 bits per heavy atom. The van der Waals surface area contributed by atoms with Gasteiger partial charge in [0, 0.05) is 18.9 Å². The number of amides is 1. The average molecular weight is 329 g/mol. The second-order valence-corrected chi connectivity index (χ2v) is 6.12. The van der Waals surface area contributed by atoms with Crippen LogP contribution in [0.4, 0.5) is 0 Å². The number of aromatic nitrogens is 2. The van der Waals surface area contributed by atoms with Crippen LogP contribution in [0.15, 0.2) is 35.1 Å². The van der Waals surface area contributed by atoms with E-state index in [0.29, 0.717) is 30.4 Å². The molecule has 7 heteroatoms. The Labute approximate surface area is 139 Å². The summed E-state index contributed by atoms with van der Waals surface area (Å²) in [5.74, 6) is 0.995. The van der Waals surface area contributed by atoms with Crippen LogP contribution in [0.1, 0.15) is 29.0 Å². The van der Waals surface area contributed by atoms with Crippen molar-refractivity contribution < 1.29 is 18.8 Å². The van der Waals surface area contributed by atoms with E-state index in [0.717, 1.165) is 12.8 Å². The van der Waals surface area contributed by atoms with Gasteiger partial charge in [0.15, 0.2) is 0 Å². The molecule has 4 rings (SSSR count). The van der Waals surface area contributed by atoms with Crippen molar-refractivity contribution in [2.75, 3.05) is 13.2 Å². The van der Waals surface area contributed by atoms with Gasteiger partial charge < -0.3 is 18.9 Å². The van der Waals surface area contributed by atoms with E-state index in [1.54, 1.807) is 13.1 Å². The first-order valence-electron chi connectivity index (χ1n) is 8.15. The highest BCUT2D eigenvalue weighted by Gasteiger charge is 2.48. The number of rotatable bonds is 3. The number of carbonyl (C=O) groups is 1. The topological polar surface area (TPSA) is 77.7 Å². The van der Waals surface area contributed by atoms with Crippen LogP contribution in [0, 0.1) is 6.92 Å². The van der Waals surface area contributed by atoms with Gasteiger partial charge in [-0.3, -0.25) is 4.79 Å². The van der Waals surface area contributed by atoms with Gasteiger partial charge in [0.25, 0.3) is 5.91 Å². The molecule has 126 valence electrons. The second kappa shape index (κ2) is 6.24. The third kappa shape index (κ3) is 2.65. The monoisotopic (exact) mass is 329 g/mol. The Hall–Kier alpha value is -2.41. The molecule has 3 atom stereocenters. The molecule has 2 aromatic rings. The van der Waals surface area contributed by atoms with Crippen molar-refractivity contribution in [2.45, 2.75) is 38.0 Å². The highest BCUT2D eigenvalue weighted by atomic mass is 16.5. The zero-order valence-electron chi connectivity index (χ0n) is 13.4. The van der Waals surface area contributed by atoms with Crippen LogP contribution in [-0.2, 0) is 4.74 Å². The number of likely N-dealkylation sites (tertiary alicyclic amines) is 1. The Morgan fingerprint density at radius 1 is 1.42 bits per heavy atom. The minimum absolute atomic E-state index is 0.00858. The van der Waals surface area contributed by atoms with Crippen molar-refractivity contribution in [2.24, 2.45) is 0 Å². The predicted molar refractivity (Wildman–Crippen MR) is 83.7 cm³/mol. The maximum atomic E-state index is 12.9. The lowest BCUT2D eigenvalue weighted by atomic mass is 10.0. The molecule has 0 radical (unpaired) electrons. The van der Waals surface area contributed by atoms with Crippen LogP contribution >= 0.6 is 0 Å². The Morgan fingerprint density at radius 2 is 2.33 bits per heavy atom. The van der Waals surface area contributed by atoms with Gasteiger partial charge in [-0.2, -0.15) is 0 Å². The Bertz CT molecular complexity index is 718. The van der Waals surface area contributed by atoms with Crippen molar-refractivity contribution in [3.63, 3.8) is 0 Å². The third-order valence-electron chi connectivity index (χ3n) is 4.63. The summed E-state index contributed by atoms with van der Waals surface area (Å²) in [6.07, 6.45) is 4.64. The van der Waals surface area contributed by atoms with E-state index in [9.17, 15) is 4.79 Å². The first-order valence-corrected chi connectivity index (χ1v) is 8.15. The second-order valence-electron chi connectivity index (χ2n) is 6.12. The molecule has 0 spiro atoms. The lowest BCUT2D eigenvalue weighted by Crippen LogP contribution is -2.44. The molecule has 2 fully saturated rings. The maximum absolute atomic E-state index is 12.9. The SMILES string of the molecule is Cc1oncc1C(=O)N1C[C@H](Oc2ccccn2)[C@H]2OCCC[C@H]21. The molecular formula is C17H19N3O4. The Kier molecular flexibility index (Phi) is 3.93. The molecule has 0 bridgehead atoms. The number of nitrogens with zero attached hydrogens (tertiary/aromatic N) is 3. The standard InChI is InChI=1S/C17H19N3O4/c1-11-12(9-19-24-11)17(21)20-10-14(16-13(20)5-4-8-22-16)23-15-6-2-3-7-18-15/h2-3,6-7,9,13-14,16H,4-5,8,10H2,1H3/t13-,14+,16+/m1/s1. The van der Waals surface area contributed by atoms with Crippen LogP contribution in [0.5, 0.6) is 5.88 Å². The third-order valence-corrected chi connectivity index (χ3v) is 4.63. The van der Waals surface area contributed by atoms with Gasteiger partial charge in [-0.25, -0.2) is 4.98 Å². The summed E-state index contributed by atoms with van der Waals surface area (Å²) in [4.78, 5) is 18.9. The van der Waals surface area contributed by atoms with Gasteiger partial charge in [0.05, 0.1) is 18.8 Å². The quantitative estimate of drug-likeness (QED) is 0.855. The van der Waals surface area contributed by atoms with Gasteiger partial charge in [-0.05, 0) is 25.8 Å². The van der Waals surface area contributed by atoms with Crippen LogP contribution < -0.4 is 4.74 Å². The van der Waals surface area contributed by atoms with Crippen molar-refractivity contribution >= 4 is 5.91 Å². The molecule has 0 unspecified atom stereocenters. The lowest BCUT2D eigenvalue weighted by molar-refractivity contribution is -0.0455. The number of carbonyl (C=O) groups excluding carboxylic acids is 1. The summed E-state index contributed by atoms with van der Waals surface area (Å²) in [6.45, 7) is 2.90. The summed E-state index contributed by atoms with van der Waals surface area (Å²) >= 11 is 0. The van der Waals surface area contributed by atoms with Gasteiger partial charge in [0.2, 0.25) is 5.88 Å². The highest BCUT2D eigenvalue weighted by molar-refractivity contribution is 5.95. The highest BCUT2D eigenvalue weighted by Crippen LogP contribution is 2.32. The van der Waals surface area contributed by atoms with Crippen LogP contribution in [0.25, 0.3) is 0 Å². The summed E-state index contributed by atoms with van der Waals surface area (Å²) in [7, 11) is 0. The molecule has 0 saturated carbocycles. The largest absolute Gasteiger partial charge is 0.470 e. The molecular weight excluding hydrogens is 310 g/mol. The summed E-state index contributed by atoms with van der Waals surface area (Å²) in [6, 6.07) is 5.53. The first-order chi connectivity index (χ1) is 11.7. The molecule has 7 nitrogen and oxygen atoms in total. The fraction of sp³-hybridized carbons (Fsp3) is 0.471. The van der Waals surface area contributed by atoms with E-state index in [1.165, 1.54) is 6.20 Å². The number of pyridine rings is 1. The molecule has 4 heterocycles. The van der Waals surface area contributed by atoms with E-state index in [-0.39, 0.29) is 24.2 Å². The zero-order chi connectivity index (χ0) is 16.5. The summed E-state index contributed by atoms with van der Waals surface area (Å²) in [5.41, 5.74) is 0.498. The number of aryl methyl sites for hydroxylation is 1. The number of fused-ring (bicyclic) bond motifs is 1. The molecule has 2 aliphatic heterocycles. The fourth-order valence-corrected chi connectivity index (χ4v) is 3.48. The Balaban J connectivity index is 1.57. The van der Waals surface area contributed by atoms with E-state index in [4.69, 9.17) is 14.0 Å². The molecule has 0 aliphatic carbocycles. The molecule has 2 saturated heterocycles. The normalized spacial score (nSPS) is 26.2. The molecule has 0 aromatic carbocycles. The van der Waals surface area contributed by atoms with Crippen molar-refractivity contribution in [1.29, 1.82) is 0 Å². The van der Waals surface area contributed by atoms with Crippen molar-refractivity contribution in [3.05, 3.63) is 41.9 Å². The molecule has 2 aliphatic rings. The van der Waals surface area contributed by atoms with Gasteiger partial charge in [-0.1, -0.05) is 11.2 Å². The van der Waals surface area contributed by atoms with Crippen LogP contribution in [0.2, 0.25) is 0 Å². The predicted octanol–water partition coefficient (Wildman–Crippen LogP) is 1.83.